The summed E-state index contributed by atoms with van der Waals surface area (Å²) in [6.07, 6.45) is 0. The molecule has 0 aromatic heterocycles. The number of rotatable bonds is 0. The first-order valence-electron chi connectivity index (χ1n) is 4.84. The summed E-state index contributed by atoms with van der Waals surface area (Å²) in [5.74, 6) is -0.432. The van der Waals surface area contributed by atoms with E-state index in [2.05, 4.69) is 5.32 Å². The smallest absolute Gasteiger partial charge is 0.235 e. The van der Waals surface area contributed by atoms with Crippen LogP contribution in [0, 0.1) is 5.92 Å². The predicted octanol–water partition coefficient (Wildman–Crippen LogP) is 0.435. The van der Waals surface area contributed by atoms with E-state index in [9.17, 15) is 9.59 Å². The molecule has 2 amide bonds. The number of fused-ring (bicyclic) bond motifs is 3. The van der Waals surface area contributed by atoms with E-state index in [1.165, 1.54) is 0 Å². The van der Waals surface area contributed by atoms with E-state index in [1.807, 2.05) is 24.3 Å². The lowest BCUT2D eigenvalue weighted by Crippen LogP contribution is -2.28. The molecule has 0 aliphatic carbocycles. The Balaban J connectivity index is 2.13. The lowest BCUT2D eigenvalue weighted by Gasteiger charge is -2.24. The molecule has 76 valence electrons. The Bertz CT molecular complexity index is 455. The molecule has 4 nitrogen and oxygen atoms in total. The molecule has 2 heterocycles. The summed E-state index contributed by atoms with van der Waals surface area (Å²) >= 11 is 0. The van der Waals surface area contributed by atoms with E-state index in [0.29, 0.717) is 12.4 Å². The number of hydrogen-bond acceptors (Lipinski definition) is 3. The molecule has 1 N–H and O–H groups in total. The first-order valence-corrected chi connectivity index (χ1v) is 4.84. The number of benzene rings is 1. The molecule has 1 aromatic rings. The van der Waals surface area contributed by atoms with Gasteiger partial charge < -0.3 is 4.74 Å². The standard InChI is InChI=1S/C11H9NO3/c13-10-7-5-15-8-4-2-1-3-6(8)9(7)11(14)12-10/h1-4,7,9H,5H2,(H,12,13,14)/t7-,9+/m0/s1. The minimum absolute atomic E-state index is 0.208. The van der Waals surface area contributed by atoms with Crippen molar-refractivity contribution < 1.29 is 14.3 Å². The quantitative estimate of drug-likeness (QED) is 0.622. The van der Waals surface area contributed by atoms with Crippen molar-refractivity contribution >= 4 is 11.8 Å². The van der Waals surface area contributed by atoms with Crippen molar-refractivity contribution in [1.82, 2.24) is 5.32 Å². The molecule has 1 saturated heterocycles. The van der Waals surface area contributed by atoms with Crippen molar-refractivity contribution in [2.75, 3.05) is 6.61 Å². The van der Waals surface area contributed by atoms with Crippen molar-refractivity contribution in [1.29, 1.82) is 0 Å². The van der Waals surface area contributed by atoms with Crippen LogP contribution < -0.4 is 10.1 Å². The fraction of sp³-hybridized carbons (Fsp3) is 0.273. The third kappa shape index (κ3) is 1.08. The molecule has 2 aliphatic heterocycles. The highest BCUT2D eigenvalue weighted by Gasteiger charge is 2.46. The van der Waals surface area contributed by atoms with E-state index in [4.69, 9.17) is 4.74 Å². The second-order valence-electron chi connectivity index (χ2n) is 3.79. The molecule has 0 radical (unpaired) electrons. The average molecular weight is 203 g/mol. The second-order valence-corrected chi connectivity index (χ2v) is 3.79. The van der Waals surface area contributed by atoms with Gasteiger partial charge in [0.05, 0.1) is 11.8 Å². The second kappa shape index (κ2) is 2.82. The van der Waals surface area contributed by atoms with Crippen molar-refractivity contribution in [2.45, 2.75) is 5.92 Å². The molecule has 3 rings (SSSR count). The van der Waals surface area contributed by atoms with E-state index in [-0.39, 0.29) is 23.7 Å². The number of para-hydroxylation sites is 1. The maximum Gasteiger partial charge on any atom is 0.235 e. The Hall–Kier alpha value is -1.84. The lowest BCUT2D eigenvalue weighted by atomic mass is 9.86. The Kier molecular flexibility index (Phi) is 1.59. The summed E-state index contributed by atoms with van der Waals surface area (Å²) in [7, 11) is 0. The van der Waals surface area contributed by atoms with Crippen LogP contribution in [0.25, 0.3) is 0 Å². The highest BCUT2D eigenvalue weighted by molar-refractivity contribution is 6.08. The van der Waals surface area contributed by atoms with Gasteiger partial charge in [-0.1, -0.05) is 18.2 Å². The van der Waals surface area contributed by atoms with Gasteiger partial charge >= 0.3 is 0 Å². The van der Waals surface area contributed by atoms with Crippen LogP contribution in [0.1, 0.15) is 11.5 Å². The summed E-state index contributed by atoms with van der Waals surface area (Å²) in [5, 5.41) is 2.34. The van der Waals surface area contributed by atoms with Gasteiger partial charge in [-0.3, -0.25) is 14.9 Å². The highest BCUT2D eigenvalue weighted by atomic mass is 16.5. The van der Waals surface area contributed by atoms with Gasteiger partial charge in [0, 0.05) is 5.56 Å². The molecule has 0 unspecified atom stereocenters. The third-order valence-corrected chi connectivity index (χ3v) is 2.94. The SMILES string of the molecule is O=C1NC(=O)[C@@H]2c3ccccc3OC[C@H]12. The molecule has 4 heteroatoms. The Morgan fingerprint density at radius 2 is 2.00 bits per heavy atom. The third-order valence-electron chi connectivity index (χ3n) is 2.94. The fourth-order valence-corrected chi connectivity index (χ4v) is 2.20. The van der Waals surface area contributed by atoms with E-state index in [1.54, 1.807) is 0 Å². The van der Waals surface area contributed by atoms with Crippen LogP contribution >= 0.6 is 0 Å². The Labute approximate surface area is 86.2 Å². The van der Waals surface area contributed by atoms with Gasteiger partial charge in [-0.15, -0.1) is 0 Å². The van der Waals surface area contributed by atoms with Crippen LogP contribution in [-0.2, 0) is 9.59 Å². The van der Waals surface area contributed by atoms with Crippen LogP contribution in [0.3, 0.4) is 0 Å². The zero-order valence-electron chi connectivity index (χ0n) is 7.90. The number of hydrogen-bond donors (Lipinski definition) is 1. The zero-order valence-corrected chi connectivity index (χ0v) is 7.90. The number of ether oxygens (including phenoxy) is 1. The highest BCUT2D eigenvalue weighted by Crippen LogP contribution is 2.39. The molecule has 0 bridgehead atoms. The zero-order chi connectivity index (χ0) is 10.4. The molecule has 1 fully saturated rings. The van der Waals surface area contributed by atoms with Gasteiger partial charge in [0.25, 0.3) is 0 Å². The molecule has 2 atom stereocenters. The maximum atomic E-state index is 11.6. The van der Waals surface area contributed by atoms with Gasteiger partial charge in [0.15, 0.2) is 0 Å². The van der Waals surface area contributed by atoms with Gasteiger partial charge in [-0.25, -0.2) is 0 Å². The molecule has 1 aromatic carbocycles. The molecular weight excluding hydrogens is 194 g/mol. The molecule has 0 spiro atoms. The monoisotopic (exact) mass is 203 g/mol. The number of nitrogens with one attached hydrogen (secondary N) is 1. The number of amides is 2. The van der Waals surface area contributed by atoms with Crippen LogP contribution in [0.15, 0.2) is 24.3 Å². The normalized spacial score (nSPS) is 27.7. The average Bonchev–Trinajstić information content (AvgIpc) is 2.55. The first-order chi connectivity index (χ1) is 7.27. The van der Waals surface area contributed by atoms with Crippen molar-refractivity contribution in [3.8, 4) is 5.75 Å². The maximum absolute atomic E-state index is 11.6. The Morgan fingerprint density at radius 3 is 2.87 bits per heavy atom. The predicted molar refractivity (Wildman–Crippen MR) is 51.3 cm³/mol. The van der Waals surface area contributed by atoms with Gasteiger partial charge in [0.2, 0.25) is 11.8 Å². The number of carbonyl (C=O) groups is 2. The lowest BCUT2D eigenvalue weighted by molar-refractivity contribution is -0.126. The van der Waals surface area contributed by atoms with E-state index < -0.39 is 0 Å². The van der Waals surface area contributed by atoms with Crippen LogP contribution in [0.4, 0.5) is 0 Å². The molecule has 0 saturated carbocycles. The first kappa shape index (κ1) is 8.47. The van der Waals surface area contributed by atoms with E-state index >= 15 is 0 Å². The summed E-state index contributed by atoms with van der Waals surface area (Å²) in [6.45, 7) is 0.291. The van der Waals surface area contributed by atoms with Crippen LogP contribution in [0.2, 0.25) is 0 Å². The summed E-state index contributed by atoms with van der Waals surface area (Å²) < 4.78 is 5.44. The molecular formula is C11H9NO3. The van der Waals surface area contributed by atoms with Gasteiger partial charge in [-0.05, 0) is 6.07 Å². The fourth-order valence-electron chi connectivity index (χ4n) is 2.20. The van der Waals surface area contributed by atoms with Crippen molar-refractivity contribution in [3.63, 3.8) is 0 Å². The van der Waals surface area contributed by atoms with Crippen LogP contribution in [-0.4, -0.2) is 18.4 Å². The summed E-state index contributed by atoms with van der Waals surface area (Å²) in [6, 6.07) is 7.36. The summed E-state index contributed by atoms with van der Waals surface area (Å²) in [4.78, 5) is 23.0. The number of imide groups is 1. The van der Waals surface area contributed by atoms with Crippen LogP contribution in [0.5, 0.6) is 5.75 Å². The molecule has 15 heavy (non-hydrogen) atoms. The summed E-state index contributed by atoms with van der Waals surface area (Å²) in [5.41, 5.74) is 0.817. The van der Waals surface area contributed by atoms with Gasteiger partial charge in [0.1, 0.15) is 12.4 Å². The van der Waals surface area contributed by atoms with Gasteiger partial charge in [-0.2, -0.15) is 0 Å². The van der Waals surface area contributed by atoms with Crippen molar-refractivity contribution in [3.05, 3.63) is 29.8 Å². The van der Waals surface area contributed by atoms with Crippen molar-refractivity contribution in [2.24, 2.45) is 5.92 Å². The largest absolute Gasteiger partial charge is 0.492 e. The number of carbonyl (C=O) groups excluding carboxylic acids is 2. The van der Waals surface area contributed by atoms with E-state index in [0.717, 1.165) is 5.56 Å². The minimum Gasteiger partial charge on any atom is -0.492 e. The minimum atomic E-state index is -0.359. The molecule has 2 aliphatic rings. The topological polar surface area (TPSA) is 55.4 Å². The Morgan fingerprint density at radius 1 is 1.20 bits per heavy atom.